The fourth-order valence-corrected chi connectivity index (χ4v) is 4.26. The zero-order chi connectivity index (χ0) is 21.6. The number of alkyl halides is 6. The molecular weight excluding hydrogens is 428 g/mol. The summed E-state index contributed by atoms with van der Waals surface area (Å²) in [5.74, 6) is -1.90. The van der Waals surface area contributed by atoms with E-state index in [2.05, 4.69) is 24.0 Å². The molecule has 7 nitrogen and oxygen atoms in total. The van der Waals surface area contributed by atoms with Crippen molar-refractivity contribution in [1.29, 1.82) is 0 Å². The Balaban J connectivity index is 2.07. The van der Waals surface area contributed by atoms with Gasteiger partial charge in [0.05, 0.1) is 28.4 Å². The second kappa shape index (κ2) is 7.00. The average molecular weight is 441 g/mol. The number of rotatable bonds is 4. The van der Waals surface area contributed by atoms with E-state index < -0.39 is 40.9 Å². The van der Waals surface area contributed by atoms with Gasteiger partial charge in [0.15, 0.2) is 0 Å². The molecule has 1 unspecified atom stereocenters. The van der Waals surface area contributed by atoms with E-state index in [0.717, 1.165) is 0 Å². The molecule has 0 saturated heterocycles. The molecule has 3 aromatic heterocycles. The number of nitrogens with zero attached hydrogens (tertiary/aromatic N) is 5. The van der Waals surface area contributed by atoms with Gasteiger partial charge < -0.3 is 4.52 Å². The third-order valence-electron chi connectivity index (χ3n) is 3.76. The van der Waals surface area contributed by atoms with Gasteiger partial charge >= 0.3 is 18.2 Å². The Morgan fingerprint density at radius 1 is 1.17 bits per heavy atom. The fraction of sp³-hybridized carbons (Fsp3) is 0.400. The number of hydrogen-bond acceptors (Lipinski definition) is 6. The van der Waals surface area contributed by atoms with Crippen LogP contribution in [-0.2, 0) is 15.9 Å². The summed E-state index contributed by atoms with van der Waals surface area (Å²) in [7, 11) is -3.28. The molecule has 14 heteroatoms. The van der Waals surface area contributed by atoms with Gasteiger partial charge in [-0.2, -0.15) is 31.3 Å². The van der Waals surface area contributed by atoms with Gasteiger partial charge in [0.25, 0.3) is 0 Å². The summed E-state index contributed by atoms with van der Waals surface area (Å²) >= 11 is 0. The summed E-state index contributed by atoms with van der Waals surface area (Å²) in [4.78, 5) is 7.45. The smallest absolute Gasteiger partial charge is 0.329 e. The van der Waals surface area contributed by atoms with Gasteiger partial charge in [-0.1, -0.05) is 5.16 Å². The van der Waals surface area contributed by atoms with Crippen molar-refractivity contribution in [3.63, 3.8) is 0 Å². The number of aryl methyl sites for hydroxylation is 1. The molecule has 3 rings (SSSR count). The molecule has 0 aliphatic rings. The second-order valence-electron chi connectivity index (χ2n) is 6.09. The molecule has 1 atom stereocenters. The highest BCUT2D eigenvalue weighted by Gasteiger charge is 2.38. The van der Waals surface area contributed by atoms with Crippen LogP contribution in [-0.4, -0.2) is 42.7 Å². The van der Waals surface area contributed by atoms with E-state index >= 15 is 0 Å². The van der Waals surface area contributed by atoms with Crippen LogP contribution in [0.3, 0.4) is 0 Å². The Morgan fingerprint density at radius 2 is 1.86 bits per heavy atom. The van der Waals surface area contributed by atoms with Crippen molar-refractivity contribution in [2.24, 2.45) is 4.36 Å². The van der Waals surface area contributed by atoms with Crippen LogP contribution < -0.4 is 0 Å². The molecule has 0 aliphatic heterocycles. The van der Waals surface area contributed by atoms with Crippen LogP contribution in [0.4, 0.5) is 26.3 Å². The van der Waals surface area contributed by atoms with Crippen LogP contribution in [0, 0.1) is 6.92 Å². The van der Waals surface area contributed by atoms with Gasteiger partial charge in [0.1, 0.15) is 10.7 Å². The second-order valence-corrected chi connectivity index (χ2v) is 8.34. The van der Waals surface area contributed by atoms with Gasteiger partial charge in [0.2, 0.25) is 5.82 Å². The molecule has 0 spiro atoms. The van der Waals surface area contributed by atoms with Gasteiger partial charge in [0, 0.05) is 18.0 Å². The first kappa shape index (κ1) is 21.1. The number of halogens is 6. The van der Waals surface area contributed by atoms with Gasteiger partial charge in [-0.15, -0.1) is 0 Å². The van der Waals surface area contributed by atoms with Crippen LogP contribution in [0.15, 0.2) is 32.2 Å². The summed E-state index contributed by atoms with van der Waals surface area (Å²) in [5, 5.41) is 3.31. The van der Waals surface area contributed by atoms with Crippen molar-refractivity contribution < 1.29 is 35.1 Å². The van der Waals surface area contributed by atoms with E-state index in [1.54, 1.807) is 0 Å². The number of aromatic nitrogens is 4. The largest absolute Gasteiger partial charge is 0.471 e. The van der Waals surface area contributed by atoms with Crippen molar-refractivity contribution in [3.05, 3.63) is 29.9 Å². The highest BCUT2D eigenvalue weighted by Crippen LogP contribution is 2.30. The SMILES string of the molecule is Cc1nc2ccc(-c3noc(C(F)(F)F)n3)cn2c1S(C)(=O)=NCCC(F)(F)F. The molecule has 0 bridgehead atoms. The van der Waals surface area contributed by atoms with Crippen molar-refractivity contribution in [1.82, 2.24) is 19.5 Å². The minimum atomic E-state index is -4.82. The maximum absolute atomic E-state index is 13.0. The first-order valence-electron chi connectivity index (χ1n) is 7.92. The molecule has 0 N–H and O–H groups in total. The minimum absolute atomic E-state index is 0.0380. The van der Waals surface area contributed by atoms with Crippen molar-refractivity contribution in [2.45, 2.75) is 30.7 Å². The lowest BCUT2D eigenvalue weighted by molar-refractivity contribution is -0.159. The Morgan fingerprint density at radius 3 is 2.45 bits per heavy atom. The van der Waals surface area contributed by atoms with E-state index in [-0.39, 0.29) is 27.8 Å². The summed E-state index contributed by atoms with van der Waals surface area (Å²) < 4.78 is 97.2. The third kappa shape index (κ3) is 4.52. The highest BCUT2D eigenvalue weighted by atomic mass is 32.2. The van der Waals surface area contributed by atoms with Gasteiger partial charge in [-0.3, -0.25) is 4.40 Å². The van der Waals surface area contributed by atoms with Crippen LogP contribution in [0.5, 0.6) is 0 Å². The van der Waals surface area contributed by atoms with Gasteiger partial charge in [-0.25, -0.2) is 13.6 Å². The van der Waals surface area contributed by atoms with Crippen LogP contribution in [0.25, 0.3) is 17.0 Å². The number of imidazole rings is 1. The highest BCUT2D eigenvalue weighted by molar-refractivity contribution is 7.92. The predicted octanol–water partition coefficient (Wildman–Crippen LogP) is 4.12. The molecule has 3 aromatic rings. The lowest BCUT2D eigenvalue weighted by atomic mass is 10.3. The Labute approximate surface area is 159 Å². The van der Waals surface area contributed by atoms with Crippen molar-refractivity contribution in [3.8, 4) is 11.4 Å². The Hall–Kier alpha value is -2.64. The number of pyridine rings is 1. The molecular formula is C15H13F6N5O2S. The molecule has 0 amide bonds. The Bertz CT molecular complexity index is 1170. The maximum atomic E-state index is 13.0. The normalized spacial score (nSPS) is 14.9. The molecule has 3 heterocycles. The first-order chi connectivity index (χ1) is 13.3. The molecule has 0 aromatic carbocycles. The van der Waals surface area contributed by atoms with E-state index in [1.807, 2.05) is 0 Å². The lowest BCUT2D eigenvalue weighted by Crippen LogP contribution is -2.11. The average Bonchev–Trinajstić information content (AvgIpc) is 3.15. The predicted molar refractivity (Wildman–Crippen MR) is 88.5 cm³/mol. The van der Waals surface area contributed by atoms with Crippen molar-refractivity contribution in [2.75, 3.05) is 12.8 Å². The molecule has 0 radical (unpaired) electrons. The summed E-state index contributed by atoms with van der Waals surface area (Å²) in [5.41, 5.74) is 0.636. The van der Waals surface area contributed by atoms with Crippen LogP contribution in [0.2, 0.25) is 0 Å². The molecule has 158 valence electrons. The van der Waals surface area contributed by atoms with Crippen molar-refractivity contribution >= 4 is 15.4 Å². The third-order valence-corrected chi connectivity index (χ3v) is 5.64. The maximum Gasteiger partial charge on any atom is 0.471 e. The van der Waals surface area contributed by atoms with E-state index in [9.17, 15) is 30.6 Å². The molecule has 29 heavy (non-hydrogen) atoms. The topological polar surface area (TPSA) is 85.6 Å². The fourth-order valence-electron chi connectivity index (χ4n) is 2.59. The Kier molecular flexibility index (Phi) is 5.09. The number of fused-ring (bicyclic) bond motifs is 1. The molecule has 0 fully saturated rings. The lowest BCUT2D eigenvalue weighted by Gasteiger charge is -2.08. The molecule has 0 saturated carbocycles. The minimum Gasteiger partial charge on any atom is -0.329 e. The summed E-state index contributed by atoms with van der Waals surface area (Å²) in [6.45, 7) is 0.797. The quantitative estimate of drug-likeness (QED) is 0.569. The summed E-state index contributed by atoms with van der Waals surface area (Å²) in [6.07, 6.45) is -8.06. The molecule has 0 aliphatic carbocycles. The van der Waals surface area contributed by atoms with E-state index in [1.165, 1.54) is 35.9 Å². The summed E-state index contributed by atoms with van der Waals surface area (Å²) in [6, 6.07) is 2.80. The van der Waals surface area contributed by atoms with E-state index in [4.69, 9.17) is 0 Å². The zero-order valence-corrected chi connectivity index (χ0v) is 15.7. The van der Waals surface area contributed by atoms with Crippen LogP contribution in [0.1, 0.15) is 18.0 Å². The standard InChI is InChI=1S/C15H13F6N5O2S/c1-8-12(29(2,27)22-6-5-14(16,17)18)26-7-9(3-4-10(26)23-8)11-24-13(28-25-11)15(19,20)21/h3-4,7H,5-6H2,1-2H3. The van der Waals surface area contributed by atoms with Crippen LogP contribution >= 0.6 is 0 Å². The van der Waals surface area contributed by atoms with Gasteiger partial charge in [-0.05, 0) is 19.1 Å². The first-order valence-corrected chi connectivity index (χ1v) is 9.85. The zero-order valence-electron chi connectivity index (χ0n) is 14.9. The monoisotopic (exact) mass is 441 g/mol. The van der Waals surface area contributed by atoms with E-state index in [0.29, 0.717) is 0 Å². The number of hydrogen-bond donors (Lipinski definition) is 0.